The molecule has 4 nitrogen and oxygen atoms in total. The summed E-state index contributed by atoms with van der Waals surface area (Å²) in [6.07, 6.45) is 0. The highest BCUT2D eigenvalue weighted by Crippen LogP contribution is 2.25. The Balaban J connectivity index is 3.08. The SMILES string of the molecule is CN(C)C(=O)C(C)(C)c1ccc(C(N)=O)cc1. The summed E-state index contributed by atoms with van der Waals surface area (Å²) >= 11 is 0. The maximum atomic E-state index is 12.0. The molecule has 0 aliphatic heterocycles. The summed E-state index contributed by atoms with van der Waals surface area (Å²) < 4.78 is 0. The lowest BCUT2D eigenvalue weighted by Gasteiger charge is -2.27. The standard InChI is InChI=1S/C13H18N2O2/c1-13(2,12(17)15(3)4)10-7-5-9(6-8-10)11(14)16/h5-8H,1-4H3,(H2,14,16). The topological polar surface area (TPSA) is 63.4 Å². The average Bonchev–Trinajstić information content (AvgIpc) is 2.27. The number of hydrogen-bond donors (Lipinski definition) is 1. The first-order valence-corrected chi connectivity index (χ1v) is 5.39. The molecule has 92 valence electrons. The fourth-order valence-corrected chi connectivity index (χ4v) is 1.73. The van der Waals surface area contributed by atoms with Crippen LogP contribution in [0.1, 0.15) is 29.8 Å². The first kappa shape index (κ1) is 13.2. The van der Waals surface area contributed by atoms with Gasteiger partial charge in [0, 0.05) is 19.7 Å². The molecule has 0 radical (unpaired) electrons. The Labute approximate surface area is 101 Å². The highest BCUT2D eigenvalue weighted by Gasteiger charge is 2.31. The predicted octanol–water partition coefficient (Wildman–Crippen LogP) is 1.15. The number of likely N-dealkylation sites (N-methyl/N-ethyl adjacent to an activating group) is 1. The molecule has 0 unspecified atom stereocenters. The van der Waals surface area contributed by atoms with E-state index in [9.17, 15) is 9.59 Å². The van der Waals surface area contributed by atoms with Gasteiger partial charge in [-0.3, -0.25) is 9.59 Å². The zero-order valence-electron chi connectivity index (χ0n) is 10.7. The van der Waals surface area contributed by atoms with Gasteiger partial charge in [-0.25, -0.2) is 0 Å². The van der Waals surface area contributed by atoms with Crippen LogP contribution >= 0.6 is 0 Å². The van der Waals surface area contributed by atoms with Gasteiger partial charge in [0.25, 0.3) is 0 Å². The van der Waals surface area contributed by atoms with E-state index in [1.807, 2.05) is 13.8 Å². The van der Waals surface area contributed by atoms with Crippen LogP contribution in [0.15, 0.2) is 24.3 Å². The van der Waals surface area contributed by atoms with Crippen molar-refractivity contribution in [3.8, 4) is 0 Å². The Morgan fingerprint density at radius 2 is 1.59 bits per heavy atom. The Bertz CT molecular complexity index is 433. The summed E-state index contributed by atoms with van der Waals surface area (Å²) in [4.78, 5) is 24.5. The zero-order valence-corrected chi connectivity index (χ0v) is 10.7. The van der Waals surface area contributed by atoms with Crippen LogP contribution in [-0.4, -0.2) is 30.8 Å². The van der Waals surface area contributed by atoms with E-state index in [1.54, 1.807) is 43.3 Å². The molecule has 0 aliphatic rings. The Hall–Kier alpha value is -1.84. The summed E-state index contributed by atoms with van der Waals surface area (Å²) in [5, 5.41) is 0. The second kappa shape index (κ2) is 4.57. The predicted molar refractivity (Wildman–Crippen MR) is 66.7 cm³/mol. The lowest BCUT2D eigenvalue weighted by Crippen LogP contribution is -2.39. The molecule has 0 heterocycles. The molecule has 0 bridgehead atoms. The van der Waals surface area contributed by atoms with Crippen molar-refractivity contribution >= 4 is 11.8 Å². The smallest absolute Gasteiger partial charge is 0.248 e. The third-order valence-electron chi connectivity index (χ3n) is 2.83. The zero-order chi connectivity index (χ0) is 13.2. The Morgan fingerprint density at radius 3 is 1.94 bits per heavy atom. The van der Waals surface area contributed by atoms with Gasteiger partial charge in [0.15, 0.2) is 0 Å². The third kappa shape index (κ3) is 2.64. The quantitative estimate of drug-likeness (QED) is 0.852. The highest BCUT2D eigenvalue weighted by atomic mass is 16.2. The first-order chi connectivity index (χ1) is 7.76. The summed E-state index contributed by atoms with van der Waals surface area (Å²) in [6.45, 7) is 3.71. The maximum Gasteiger partial charge on any atom is 0.248 e. The fraction of sp³-hybridized carbons (Fsp3) is 0.385. The van der Waals surface area contributed by atoms with Gasteiger partial charge < -0.3 is 10.6 Å². The summed E-state index contributed by atoms with van der Waals surface area (Å²) in [6, 6.07) is 6.81. The number of carbonyl (C=O) groups is 2. The monoisotopic (exact) mass is 234 g/mol. The Kier molecular flexibility index (Phi) is 3.56. The van der Waals surface area contributed by atoms with E-state index < -0.39 is 11.3 Å². The van der Waals surface area contributed by atoms with Gasteiger partial charge in [-0.05, 0) is 31.5 Å². The molecule has 0 aromatic heterocycles. The average molecular weight is 234 g/mol. The Morgan fingerprint density at radius 1 is 1.12 bits per heavy atom. The maximum absolute atomic E-state index is 12.0. The molecule has 17 heavy (non-hydrogen) atoms. The second-order valence-corrected chi connectivity index (χ2v) is 4.77. The normalized spacial score (nSPS) is 11.1. The lowest BCUT2D eigenvalue weighted by molar-refractivity contribution is -0.133. The van der Waals surface area contributed by atoms with Crippen LogP contribution in [0.25, 0.3) is 0 Å². The molecule has 0 saturated heterocycles. The molecular formula is C13H18N2O2. The van der Waals surface area contributed by atoms with E-state index in [-0.39, 0.29) is 5.91 Å². The van der Waals surface area contributed by atoms with Crippen molar-refractivity contribution in [2.75, 3.05) is 14.1 Å². The van der Waals surface area contributed by atoms with Crippen molar-refractivity contribution in [2.45, 2.75) is 19.3 Å². The second-order valence-electron chi connectivity index (χ2n) is 4.77. The molecule has 1 rings (SSSR count). The van der Waals surface area contributed by atoms with Crippen molar-refractivity contribution < 1.29 is 9.59 Å². The highest BCUT2D eigenvalue weighted by molar-refractivity contribution is 5.93. The number of hydrogen-bond acceptors (Lipinski definition) is 2. The number of carbonyl (C=O) groups excluding carboxylic acids is 2. The van der Waals surface area contributed by atoms with Gasteiger partial charge in [-0.15, -0.1) is 0 Å². The third-order valence-corrected chi connectivity index (χ3v) is 2.83. The van der Waals surface area contributed by atoms with E-state index in [2.05, 4.69) is 0 Å². The lowest BCUT2D eigenvalue weighted by atomic mass is 9.83. The molecule has 2 N–H and O–H groups in total. The molecular weight excluding hydrogens is 216 g/mol. The number of primary amides is 1. The van der Waals surface area contributed by atoms with E-state index in [0.29, 0.717) is 5.56 Å². The molecule has 4 heteroatoms. The number of benzene rings is 1. The van der Waals surface area contributed by atoms with Gasteiger partial charge in [-0.1, -0.05) is 12.1 Å². The number of nitrogens with zero attached hydrogens (tertiary/aromatic N) is 1. The van der Waals surface area contributed by atoms with Crippen LogP contribution in [0.5, 0.6) is 0 Å². The molecule has 1 aromatic carbocycles. The first-order valence-electron chi connectivity index (χ1n) is 5.39. The van der Waals surface area contributed by atoms with Gasteiger partial charge in [0.2, 0.25) is 11.8 Å². The van der Waals surface area contributed by atoms with Crippen molar-refractivity contribution in [1.29, 1.82) is 0 Å². The van der Waals surface area contributed by atoms with Gasteiger partial charge in [0.05, 0.1) is 5.41 Å². The summed E-state index contributed by atoms with van der Waals surface area (Å²) in [7, 11) is 3.45. The van der Waals surface area contributed by atoms with Crippen LogP contribution in [0.3, 0.4) is 0 Å². The van der Waals surface area contributed by atoms with Gasteiger partial charge in [0.1, 0.15) is 0 Å². The summed E-state index contributed by atoms with van der Waals surface area (Å²) in [5.41, 5.74) is 5.86. The van der Waals surface area contributed by atoms with Gasteiger partial charge >= 0.3 is 0 Å². The van der Waals surface area contributed by atoms with Crippen LogP contribution < -0.4 is 5.73 Å². The van der Waals surface area contributed by atoms with Crippen molar-refractivity contribution in [3.63, 3.8) is 0 Å². The molecule has 0 atom stereocenters. The fourth-order valence-electron chi connectivity index (χ4n) is 1.73. The van der Waals surface area contributed by atoms with Crippen molar-refractivity contribution in [1.82, 2.24) is 4.90 Å². The molecule has 0 aliphatic carbocycles. The van der Waals surface area contributed by atoms with Crippen molar-refractivity contribution in [3.05, 3.63) is 35.4 Å². The van der Waals surface area contributed by atoms with E-state index in [0.717, 1.165) is 5.56 Å². The molecule has 0 fully saturated rings. The van der Waals surface area contributed by atoms with Gasteiger partial charge in [-0.2, -0.15) is 0 Å². The van der Waals surface area contributed by atoms with E-state index in [4.69, 9.17) is 5.73 Å². The largest absolute Gasteiger partial charge is 0.366 e. The minimum absolute atomic E-state index is 0.0179. The molecule has 2 amide bonds. The van der Waals surface area contributed by atoms with Crippen LogP contribution in [0.2, 0.25) is 0 Å². The van der Waals surface area contributed by atoms with Crippen molar-refractivity contribution in [2.24, 2.45) is 5.73 Å². The minimum atomic E-state index is -0.611. The van der Waals surface area contributed by atoms with E-state index in [1.165, 1.54) is 0 Å². The van der Waals surface area contributed by atoms with E-state index >= 15 is 0 Å². The van der Waals surface area contributed by atoms with Crippen LogP contribution in [0, 0.1) is 0 Å². The number of nitrogens with two attached hydrogens (primary N) is 1. The minimum Gasteiger partial charge on any atom is -0.366 e. The number of amides is 2. The number of rotatable bonds is 3. The van der Waals surface area contributed by atoms with Crippen LogP contribution in [0.4, 0.5) is 0 Å². The summed E-state index contributed by atoms with van der Waals surface area (Å²) in [5.74, 6) is -0.447. The van der Waals surface area contributed by atoms with Crippen LogP contribution in [-0.2, 0) is 10.2 Å². The molecule has 0 saturated carbocycles. The molecule has 1 aromatic rings. The molecule has 0 spiro atoms.